The lowest BCUT2D eigenvalue weighted by molar-refractivity contribution is -0.207. The number of aliphatic hydroxyl groups is 2. The van der Waals surface area contributed by atoms with Crippen LogP contribution in [-0.2, 0) is 13.1 Å². The molecule has 190 valence electrons. The van der Waals surface area contributed by atoms with Crippen LogP contribution < -0.4 is 5.69 Å². The molecule has 0 fully saturated rings. The SMILES string of the molecule is C[C@H](O)c1nc(Cn2cc(-c3ccc(Cl)cc3)n(C[C@H](O)C(F)(F)F)c2=O)nn1-c1ccccc1Cl. The molecule has 0 aliphatic heterocycles. The van der Waals surface area contributed by atoms with Gasteiger partial charge in [-0.3, -0.25) is 9.13 Å². The Hall–Kier alpha value is -3.12. The van der Waals surface area contributed by atoms with Crippen molar-refractivity contribution in [1.82, 2.24) is 23.9 Å². The molecule has 2 aromatic heterocycles. The Morgan fingerprint density at radius 2 is 1.72 bits per heavy atom. The van der Waals surface area contributed by atoms with Gasteiger partial charge in [0.2, 0.25) is 0 Å². The molecule has 2 atom stereocenters. The van der Waals surface area contributed by atoms with E-state index in [1.807, 2.05) is 0 Å². The van der Waals surface area contributed by atoms with Crippen molar-refractivity contribution in [2.45, 2.75) is 38.4 Å². The van der Waals surface area contributed by atoms with Gasteiger partial charge >= 0.3 is 11.9 Å². The zero-order valence-electron chi connectivity index (χ0n) is 18.7. The number of hydrogen-bond donors (Lipinski definition) is 2. The van der Waals surface area contributed by atoms with Crippen molar-refractivity contribution >= 4 is 23.2 Å². The molecule has 0 unspecified atom stereocenters. The molecule has 0 saturated carbocycles. The zero-order valence-corrected chi connectivity index (χ0v) is 20.2. The van der Waals surface area contributed by atoms with Crippen molar-refractivity contribution in [3.63, 3.8) is 0 Å². The van der Waals surface area contributed by atoms with Crippen LogP contribution in [0.25, 0.3) is 16.9 Å². The summed E-state index contributed by atoms with van der Waals surface area (Å²) in [5.74, 6) is 0.278. The maximum absolute atomic E-state index is 13.1. The van der Waals surface area contributed by atoms with Gasteiger partial charge in [0, 0.05) is 11.2 Å². The lowest BCUT2D eigenvalue weighted by Gasteiger charge is -2.16. The Kier molecular flexibility index (Phi) is 7.28. The van der Waals surface area contributed by atoms with Gasteiger partial charge in [-0.15, -0.1) is 5.10 Å². The first-order valence-corrected chi connectivity index (χ1v) is 11.4. The predicted molar refractivity (Wildman–Crippen MR) is 127 cm³/mol. The van der Waals surface area contributed by atoms with Crippen molar-refractivity contribution in [2.75, 3.05) is 0 Å². The summed E-state index contributed by atoms with van der Waals surface area (Å²) in [6.07, 6.45) is -7.35. The fraction of sp³-hybridized carbons (Fsp3) is 0.261. The monoisotopic (exact) mass is 541 g/mol. The summed E-state index contributed by atoms with van der Waals surface area (Å²) >= 11 is 12.2. The molecule has 0 saturated heterocycles. The number of para-hydroxylation sites is 1. The average molecular weight is 542 g/mol. The van der Waals surface area contributed by atoms with E-state index in [-0.39, 0.29) is 23.9 Å². The van der Waals surface area contributed by atoms with Crippen LogP contribution in [-0.4, -0.2) is 46.4 Å². The fourth-order valence-corrected chi connectivity index (χ4v) is 3.95. The summed E-state index contributed by atoms with van der Waals surface area (Å²) < 4.78 is 42.5. The molecule has 4 aromatic rings. The summed E-state index contributed by atoms with van der Waals surface area (Å²) in [5, 5.41) is 25.0. The molecule has 2 heterocycles. The van der Waals surface area contributed by atoms with Gasteiger partial charge in [0.15, 0.2) is 17.8 Å². The molecule has 0 amide bonds. The maximum Gasteiger partial charge on any atom is 0.416 e. The average Bonchev–Trinajstić information content (AvgIpc) is 3.36. The molecule has 8 nitrogen and oxygen atoms in total. The first-order valence-electron chi connectivity index (χ1n) is 10.6. The Morgan fingerprint density at radius 1 is 1.06 bits per heavy atom. The van der Waals surface area contributed by atoms with Crippen LogP contribution >= 0.6 is 23.2 Å². The highest BCUT2D eigenvalue weighted by Gasteiger charge is 2.39. The highest BCUT2D eigenvalue weighted by molar-refractivity contribution is 6.32. The molecule has 36 heavy (non-hydrogen) atoms. The van der Waals surface area contributed by atoms with Crippen LogP contribution in [0.15, 0.2) is 59.5 Å². The van der Waals surface area contributed by atoms with E-state index in [2.05, 4.69) is 10.1 Å². The second kappa shape index (κ2) is 10.1. The number of hydrogen-bond acceptors (Lipinski definition) is 5. The predicted octanol–water partition coefficient (Wildman–Crippen LogP) is 4.23. The number of halogens is 5. The standard InChI is InChI=1S/C23H20Cl2F3N5O3/c1-13(34)21-29-20(30-33(21)17-5-3-2-4-16(17)25)12-31-10-18(14-6-8-15(24)9-7-14)32(22(31)36)11-19(35)23(26,27)28/h2-10,13,19,34-35H,11-12H2,1H3/t13-,19-/m0/s1. The van der Waals surface area contributed by atoms with E-state index in [9.17, 15) is 28.2 Å². The minimum Gasteiger partial charge on any atom is -0.385 e. The molecule has 2 aromatic carbocycles. The molecule has 0 radical (unpaired) electrons. The number of nitrogens with zero attached hydrogens (tertiary/aromatic N) is 5. The highest BCUT2D eigenvalue weighted by Crippen LogP contribution is 2.26. The van der Waals surface area contributed by atoms with Crippen molar-refractivity contribution in [3.05, 3.63) is 86.9 Å². The lowest BCUT2D eigenvalue weighted by atomic mass is 10.1. The highest BCUT2D eigenvalue weighted by atomic mass is 35.5. The van der Waals surface area contributed by atoms with Crippen molar-refractivity contribution in [3.8, 4) is 16.9 Å². The van der Waals surface area contributed by atoms with E-state index < -0.39 is 30.6 Å². The zero-order chi connectivity index (χ0) is 26.2. The summed E-state index contributed by atoms with van der Waals surface area (Å²) in [5.41, 5.74) is 0.204. The van der Waals surface area contributed by atoms with Crippen molar-refractivity contribution < 1.29 is 23.4 Å². The molecule has 13 heteroatoms. The Bertz CT molecular complexity index is 1430. The number of benzene rings is 2. The van der Waals surface area contributed by atoms with E-state index in [0.29, 0.717) is 21.3 Å². The second-order valence-corrected chi connectivity index (χ2v) is 8.87. The third-order valence-corrected chi connectivity index (χ3v) is 5.93. The van der Waals surface area contributed by atoms with Gasteiger partial charge in [-0.1, -0.05) is 47.5 Å². The van der Waals surface area contributed by atoms with Crippen molar-refractivity contribution in [1.29, 1.82) is 0 Å². The normalized spacial score (nSPS) is 13.7. The molecule has 0 bridgehead atoms. The molecule has 4 rings (SSSR count). The lowest BCUT2D eigenvalue weighted by Crippen LogP contribution is -2.37. The van der Waals surface area contributed by atoms with E-state index in [0.717, 1.165) is 9.13 Å². The number of aromatic nitrogens is 5. The number of imidazole rings is 1. The smallest absolute Gasteiger partial charge is 0.385 e. The first-order chi connectivity index (χ1) is 17.0. The maximum atomic E-state index is 13.1. The Morgan fingerprint density at radius 3 is 2.33 bits per heavy atom. The minimum absolute atomic E-state index is 0.115. The van der Waals surface area contributed by atoms with Gasteiger partial charge in [0.1, 0.15) is 6.10 Å². The first kappa shape index (κ1) is 26.0. The van der Waals surface area contributed by atoms with Gasteiger partial charge in [-0.05, 0) is 36.8 Å². The largest absolute Gasteiger partial charge is 0.416 e. The van der Waals surface area contributed by atoms with Gasteiger partial charge < -0.3 is 10.2 Å². The summed E-state index contributed by atoms with van der Waals surface area (Å²) in [6, 6.07) is 12.9. The summed E-state index contributed by atoms with van der Waals surface area (Å²) in [6.45, 7) is 0.264. The Labute approximate surface area is 212 Å². The second-order valence-electron chi connectivity index (χ2n) is 8.03. The molecule has 2 N–H and O–H groups in total. The van der Waals surface area contributed by atoms with Crippen molar-refractivity contribution in [2.24, 2.45) is 0 Å². The number of aliphatic hydroxyl groups excluding tert-OH is 2. The summed E-state index contributed by atoms with van der Waals surface area (Å²) in [7, 11) is 0. The molecular formula is C23H20Cl2F3N5O3. The Balaban J connectivity index is 1.78. The minimum atomic E-state index is -4.92. The van der Waals surface area contributed by atoms with Crippen LogP contribution in [0.5, 0.6) is 0 Å². The number of rotatable bonds is 7. The van der Waals surface area contributed by atoms with E-state index in [1.54, 1.807) is 36.4 Å². The van der Waals surface area contributed by atoms with Crippen LogP contribution in [0.2, 0.25) is 10.0 Å². The van der Waals surface area contributed by atoms with E-state index >= 15 is 0 Å². The summed E-state index contributed by atoms with van der Waals surface area (Å²) in [4.78, 5) is 17.4. The van der Waals surface area contributed by atoms with Gasteiger partial charge in [0.25, 0.3) is 0 Å². The van der Waals surface area contributed by atoms with Gasteiger partial charge in [0.05, 0.1) is 29.5 Å². The third kappa shape index (κ3) is 5.34. The quantitative estimate of drug-likeness (QED) is 0.365. The van der Waals surface area contributed by atoms with E-state index in [1.165, 1.54) is 29.9 Å². The fourth-order valence-electron chi connectivity index (χ4n) is 3.61. The molecule has 0 aliphatic rings. The van der Waals surface area contributed by atoms with Gasteiger partial charge in [-0.25, -0.2) is 14.5 Å². The molecule has 0 spiro atoms. The third-order valence-electron chi connectivity index (χ3n) is 5.36. The number of alkyl halides is 3. The van der Waals surface area contributed by atoms with Crippen LogP contribution in [0, 0.1) is 0 Å². The van der Waals surface area contributed by atoms with Gasteiger partial charge in [-0.2, -0.15) is 13.2 Å². The van der Waals surface area contributed by atoms with Crippen LogP contribution in [0.4, 0.5) is 13.2 Å². The molecule has 0 aliphatic carbocycles. The van der Waals surface area contributed by atoms with Crippen LogP contribution in [0.1, 0.15) is 24.7 Å². The topological polar surface area (TPSA) is 98.1 Å². The van der Waals surface area contributed by atoms with E-state index in [4.69, 9.17) is 23.2 Å². The van der Waals surface area contributed by atoms with Crippen LogP contribution in [0.3, 0.4) is 0 Å². The molecular weight excluding hydrogens is 522 g/mol.